The van der Waals surface area contributed by atoms with E-state index in [-0.39, 0.29) is 12.5 Å². The molecule has 98 valence electrons. The molecule has 1 rings (SSSR count). The second kappa shape index (κ2) is 6.26. The molecule has 0 bridgehead atoms. The number of carbonyl (C=O) groups excluding carboxylic acids is 2. The van der Waals surface area contributed by atoms with Gasteiger partial charge in [0.05, 0.1) is 11.6 Å². The molecule has 0 saturated heterocycles. The maximum Gasteiger partial charge on any atom is 0.263 e. The van der Waals surface area contributed by atoms with Crippen molar-refractivity contribution in [2.45, 2.75) is 13.0 Å². The van der Waals surface area contributed by atoms with E-state index in [1.807, 2.05) is 0 Å². The zero-order chi connectivity index (χ0) is 13.7. The molecule has 18 heavy (non-hydrogen) atoms. The highest BCUT2D eigenvalue weighted by Gasteiger charge is 2.20. The van der Waals surface area contributed by atoms with Gasteiger partial charge in [-0.05, 0) is 19.1 Å². The third-order valence-electron chi connectivity index (χ3n) is 2.26. The molecular weight excluding hydrogens is 256 g/mol. The van der Waals surface area contributed by atoms with Gasteiger partial charge in [0.2, 0.25) is 5.91 Å². The minimum atomic E-state index is -0.741. The van der Waals surface area contributed by atoms with Gasteiger partial charge >= 0.3 is 0 Å². The number of hydrogen-bond donors (Lipinski definition) is 1. The Kier molecular flexibility index (Phi) is 4.97. The van der Waals surface area contributed by atoms with Crippen LogP contribution in [0.4, 0.5) is 0 Å². The minimum Gasteiger partial charge on any atom is -0.479 e. The number of halogens is 1. The van der Waals surface area contributed by atoms with Crippen LogP contribution in [-0.4, -0.2) is 36.4 Å². The van der Waals surface area contributed by atoms with Crippen molar-refractivity contribution in [1.82, 2.24) is 4.90 Å². The molecule has 0 aliphatic heterocycles. The van der Waals surface area contributed by atoms with Crippen LogP contribution in [-0.2, 0) is 9.59 Å². The third kappa shape index (κ3) is 3.92. The van der Waals surface area contributed by atoms with Gasteiger partial charge in [0, 0.05) is 7.05 Å². The highest BCUT2D eigenvalue weighted by Crippen LogP contribution is 2.24. The van der Waals surface area contributed by atoms with E-state index in [4.69, 9.17) is 22.1 Å². The number of hydrogen-bond acceptors (Lipinski definition) is 3. The molecule has 1 atom stereocenters. The van der Waals surface area contributed by atoms with Crippen molar-refractivity contribution in [3.05, 3.63) is 29.3 Å². The molecule has 0 heterocycles. The van der Waals surface area contributed by atoms with Crippen molar-refractivity contribution >= 4 is 23.4 Å². The van der Waals surface area contributed by atoms with Gasteiger partial charge in [-0.1, -0.05) is 23.7 Å². The standard InChI is InChI=1S/C12H15ClN2O3/c1-8(12(17)15(2)7-11(14)16)18-10-6-4-3-5-9(10)13/h3-6,8H,7H2,1-2H3,(H2,14,16)/t8-/m0/s1. The van der Waals surface area contributed by atoms with Gasteiger partial charge in [-0.15, -0.1) is 0 Å². The van der Waals surface area contributed by atoms with Crippen LogP contribution in [0.2, 0.25) is 5.02 Å². The van der Waals surface area contributed by atoms with Crippen LogP contribution < -0.4 is 10.5 Å². The predicted molar refractivity (Wildman–Crippen MR) is 68.4 cm³/mol. The zero-order valence-electron chi connectivity index (χ0n) is 10.2. The first-order chi connectivity index (χ1) is 8.41. The van der Waals surface area contributed by atoms with Gasteiger partial charge in [0.15, 0.2) is 6.10 Å². The molecular formula is C12H15ClN2O3. The molecule has 1 aromatic rings. The number of para-hydroxylation sites is 1. The van der Waals surface area contributed by atoms with Crippen molar-refractivity contribution in [1.29, 1.82) is 0 Å². The van der Waals surface area contributed by atoms with E-state index in [1.54, 1.807) is 31.2 Å². The second-order valence-electron chi connectivity index (χ2n) is 3.85. The summed E-state index contributed by atoms with van der Waals surface area (Å²) in [4.78, 5) is 23.8. The lowest BCUT2D eigenvalue weighted by Gasteiger charge is -2.21. The van der Waals surface area contributed by atoms with Gasteiger partial charge in [-0.3, -0.25) is 9.59 Å². The summed E-state index contributed by atoms with van der Waals surface area (Å²) in [6, 6.07) is 6.85. The van der Waals surface area contributed by atoms with Crippen molar-refractivity contribution in [3.63, 3.8) is 0 Å². The Bertz CT molecular complexity index is 451. The number of nitrogens with two attached hydrogens (primary N) is 1. The first kappa shape index (κ1) is 14.3. The number of primary amides is 1. The molecule has 0 aliphatic carbocycles. The average Bonchev–Trinajstić information content (AvgIpc) is 2.30. The van der Waals surface area contributed by atoms with Crippen LogP contribution >= 0.6 is 11.6 Å². The normalized spacial score (nSPS) is 11.7. The fourth-order valence-corrected chi connectivity index (χ4v) is 1.58. The SMILES string of the molecule is C[C@H](Oc1ccccc1Cl)C(=O)N(C)CC(N)=O. The third-order valence-corrected chi connectivity index (χ3v) is 2.57. The minimum absolute atomic E-state index is 0.144. The van der Waals surface area contributed by atoms with Crippen LogP contribution in [0, 0.1) is 0 Å². The quantitative estimate of drug-likeness (QED) is 0.869. The molecule has 0 unspecified atom stereocenters. The molecule has 6 heteroatoms. The fraction of sp³-hybridized carbons (Fsp3) is 0.333. The Morgan fingerprint density at radius 2 is 2.06 bits per heavy atom. The Hall–Kier alpha value is -1.75. The summed E-state index contributed by atoms with van der Waals surface area (Å²) >= 11 is 5.91. The number of benzene rings is 1. The predicted octanol–water partition coefficient (Wildman–Crippen LogP) is 1.05. The van der Waals surface area contributed by atoms with Crippen LogP contribution in [0.15, 0.2) is 24.3 Å². The summed E-state index contributed by atoms with van der Waals surface area (Å²) in [5.74, 6) is -0.489. The van der Waals surface area contributed by atoms with Gasteiger partial charge in [0.25, 0.3) is 5.91 Å². The molecule has 0 aromatic heterocycles. The number of rotatable bonds is 5. The number of carbonyl (C=O) groups is 2. The molecule has 0 fully saturated rings. The number of likely N-dealkylation sites (N-methyl/N-ethyl adjacent to an activating group) is 1. The van der Waals surface area contributed by atoms with Crippen molar-refractivity contribution in [2.75, 3.05) is 13.6 Å². The average molecular weight is 271 g/mol. The molecule has 0 aliphatic rings. The smallest absolute Gasteiger partial charge is 0.263 e. The largest absolute Gasteiger partial charge is 0.479 e. The summed E-state index contributed by atoms with van der Waals surface area (Å²) < 4.78 is 5.43. The Morgan fingerprint density at radius 1 is 1.44 bits per heavy atom. The van der Waals surface area contributed by atoms with Crippen LogP contribution in [0.1, 0.15) is 6.92 Å². The van der Waals surface area contributed by atoms with Crippen molar-refractivity contribution in [2.24, 2.45) is 5.73 Å². The lowest BCUT2D eigenvalue weighted by atomic mass is 10.3. The molecule has 2 N–H and O–H groups in total. The first-order valence-electron chi connectivity index (χ1n) is 5.36. The van der Waals surface area contributed by atoms with Gasteiger partial charge in [-0.2, -0.15) is 0 Å². The van der Waals surface area contributed by atoms with E-state index in [2.05, 4.69) is 0 Å². The van der Waals surface area contributed by atoms with E-state index in [9.17, 15) is 9.59 Å². The first-order valence-corrected chi connectivity index (χ1v) is 5.74. The Morgan fingerprint density at radius 3 is 2.61 bits per heavy atom. The van der Waals surface area contributed by atoms with E-state index in [0.29, 0.717) is 10.8 Å². The monoisotopic (exact) mass is 270 g/mol. The highest BCUT2D eigenvalue weighted by molar-refractivity contribution is 6.32. The summed E-state index contributed by atoms with van der Waals surface area (Å²) in [7, 11) is 1.49. The molecule has 0 saturated carbocycles. The van der Waals surface area contributed by atoms with Crippen molar-refractivity contribution in [3.8, 4) is 5.75 Å². The molecule has 5 nitrogen and oxygen atoms in total. The maximum atomic E-state index is 11.8. The summed E-state index contributed by atoms with van der Waals surface area (Å²) in [6.45, 7) is 1.44. The number of amides is 2. The van der Waals surface area contributed by atoms with E-state index < -0.39 is 12.0 Å². The summed E-state index contributed by atoms with van der Waals surface area (Å²) in [6.07, 6.45) is -0.741. The molecule has 0 radical (unpaired) electrons. The highest BCUT2D eigenvalue weighted by atomic mass is 35.5. The van der Waals surface area contributed by atoms with Crippen molar-refractivity contribution < 1.29 is 14.3 Å². The topological polar surface area (TPSA) is 72.6 Å². The second-order valence-corrected chi connectivity index (χ2v) is 4.26. The van der Waals surface area contributed by atoms with Crippen LogP contribution in [0.3, 0.4) is 0 Å². The van der Waals surface area contributed by atoms with Gasteiger partial charge in [-0.25, -0.2) is 0 Å². The molecule has 0 spiro atoms. The fourth-order valence-electron chi connectivity index (χ4n) is 1.40. The van der Waals surface area contributed by atoms with Crippen LogP contribution in [0.25, 0.3) is 0 Å². The summed E-state index contributed by atoms with van der Waals surface area (Å²) in [5, 5.41) is 0.426. The maximum absolute atomic E-state index is 11.8. The van der Waals surface area contributed by atoms with Crippen LogP contribution in [0.5, 0.6) is 5.75 Å². The summed E-state index contributed by atoms with van der Waals surface area (Å²) in [5.41, 5.74) is 5.01. The van der Waals surface area contributed by atoms with E-state index in [1.165, 1.54) is 11.9 Å². The molecule has 1 aromatic carbocycles. The zero-order valence-corrected chi connectivity index (χ0v) is 11.0. The molecule has 2 amide bonds. The van der Waals surface area contributed by atoms with Gasteiger partial charge < -0.3 is 15.4 Å². The lowest BCUT2D eigenvalue weighted by Crippen LogP contribution is -2.42. The Labute approximate surface area is 110 Å². The number of nitrogens with zero attached hydrogens (tertiary/aromatic N) is 1. The number of ether oxygens (including phenoxy) is 1. The lowest BCUT2D eigenvalue weighted by molar-refractivity contribution is -0.139. The van der Waals surface area contributed by atoms with Gasteiger partial charge in [0.1, 0.15) is 5.75 Å². The van der Waals surface area contributed by atoms with E-state index >= 15 is 0 Å². The van der Waals surface area contributed by atoms with E-state index in [0.717, 1.165) is 0 Å². The Balaban J connectivity index is 2.65.